The van der Waals surface area contributed by atoms with Gasteiger partial charge in [-0.05, 0) is 39.4 Å². The second-order valence-corrected chi connectivity index (χ2v) is 9.19. The summed E-state index contributed by atoms with van der Waals surface area (Å²) in [5.41, 5.74) is 6.21. The number of aromatic carboxylic acids is 1. The lowest BCUT2D eigenvalue weighted by molar-refractivity contribution is 0.0688. The van der Waals surface area contributed by atoms with Crippen LogP contribution in [-0.2, 0) is 16.7 Å². The number of rotatable bonds is 3. The number of fused-ring (bicyclic) bond motifs is 4. The minimum atomic E-state index is -0.940. The van der Waals surface area contributed by atoms with Gasteiger partial charge in [-0.2, -0.15) is 0 Å². The first-order valence-corrected chi connectivity index (χ1v) is 10.8. The topological polar surface area (TPSA) is 66.8 Å². The fraction of sp³-hybridized carbons (Fsp3) is 0.259. The average molecular weight is 428 g/mol. The van der Waals surface area contributed by atoms with Crippen molar-refractivity contribution >= 4 is 12.1 Å². The Hall–Kier alpha value is -3.60. The number of carboxylic acid groups (broad SMARTS) is 1. The monoisotopic (exact) mass is 427 g/mol. The second-order valence-electron chi connectivity index (χ2n) is 9.19. The van der Waals surface area contributed by atoms with Crippen LogP contribution in [0.1, 0.15) is 52.4 Å². The molecule has 3 aromatic rings. The molecule has 0 atom stereocenters. The first kappa shape index (κ1) is 20.3. The van der Waals surface area contributed by atoms with Gasteiger partial charge < -0.3 is 14.7 Å². The molecule has 2 aliphatic rings. The zero-order chi connectivity index (χ0) is 22.5. The fourth-order valence-corrected chi connectivity index (χ4v) is 5.34. The molecule has 0 unspecified atom stereocenters. The number of ether oxygens (including phenoxy) is 1. The van der Waals surface area contributed by atoms with E-state index in [1.807, 2.05) is 44.2 Å². The van der Waals surface area contributed by atoms with E-state index in [4.69, 9.17) is 4.74 Å². The molecule has 3 aromatic carbocycles. The van der Waals surface area contributed by atoms with Crippen LogP contribution in [0.2, 0.25) is 0 Å². The minimum absolute atomic E-state index is 0.00931. The Balaban J connectivity index is 1.37. The number of nitrogens with zero attached hydrogens (tertiary/aromatic N) is 1. The number of benzene rings is 3. The Morgan fingerprint density at radius 2 is 1.59 bits per heavy atom. The molecule has 0 aromatic heterocycles. The van der Waals surface area contributed by atoms with Crippen molar-refractivity contribution in [1.82, 2.24) is 4.90 Å². The highest BCUT2D eigenvalue weighted by Gasteiger charge is 2.38. The molecule has 1 heterocycles. The number of carbonyl (C=O) groups excluding carboxylic acids is 1. The molecule has 5 heteroatoms. The Morgan fingerprint density at radius 1 is 0.969 bits per heavy atom. The third-order valence-electron chi connectivity index (χ3n) is 6.60. The van der Waals surface area contributed by atoms with Crippen molar-refractivity contribution in [2.75, 3.05) is 13.2 Å². The van der Waals surface area contributed by atoms with Crippen LogP contribution in [0.5, 0.6) is 0 Å². The number of hydrogen-bond acceptors (Lipinski definition) is 3. The van der Waals surface area contributed by atoms with Crippen LogP contribution in [0.15, 0.2) is 66.7 Å². The van der Waals surface area contributed by atoms with Crippen molar-refractivity contribution in [1.29, 1.82) is 0 Å². The molecular weight excluding hydrogens is 402 g/mol. The molecule has 5 nitrogen and oxygen atoms in total. The number of carbonyl (C=O) groups is 2. The summed E-state index contributed by atoms with van der Waals surface area (Å²) in [5.74, 6) is -0.931. The Morgan fingerprint density at radius 3 is 2.22 bits per heavy atom. The zero-order valence-electron chi connectivity index (χ0n) is 18.2. The summed E-state index contributed by atoms with van der Waals surface area (Å²) in [6, 6.07) is 21.8. The largest absolute Gasteiger partial charge is 0.478 e. The molecule has 5 rings (SSSR count). The van der Waals surface area contributed by atoms with Crippen molar-refractivity contribution in [3.8, 4) is 11.1 Å². The molecule has 0 fully saturated rings. The number of amides is 1. The molecule has 0 spiro atoms. The summed E-state index contributed by atoms with van der Waals surface area (Å²) in [6.07, 6.45) is -0.369. The lowest BCUT2D eigenvalue weighted by Gasteiger charge is -2.40. The van der Waals surface area contributed by atoms with E-state index < -0.39 is 11.4 Å². The average Bonchev–Trinajstić information content (AvgIpc) is 3.10. The van der Waals surface area contributed by atoms with E-state index in [-0.39, 0.29) is 18.6 Å². The smallest absolute Gasteiger partial charge is 0.410 e. The molecular formula is C27H25NO4. The summed E-state index contributed by atoms with van der Waals surface area (Å²) in [4.78, 5) is 26.5. The van der Waals surface area contributed by atoms with Crippen molar-refractivity contribution < 1.29 is 19.4 Å². The normalized spacial score (nSPS) is 16.1. The summed E-state index contributed by atoms with van der Waals surface area (Å²) in [5, 5.41) is 9.61. The van der Waals surface area contributed by atoms with Gasteiger partial charge in [-0.1, -0.05) is 74.5 Å². The minimum Gasteiger partial charge on any atom is -0.478 e. The van der Waals surface area contributed by atoms with E-state index in [9.17, 15) is 14.7 Å². The van der Waals surface area contributed by atoms with Gasteiger partial charge in [-0.15, -0.1) is 0 Å². The van der Waals surface area contributed by atoms with Crippen LogP contribution in [0.25, 0.3) is 11.1 Å². The van der Waals surface area contributed by atoms with Crippen LogP contribution in [0.4, 0.5) is 4.79 Å². The first-order chi connectivity index (χ1) is 15.4. The number of carboxylic acids is 1. The van der Waals surface area contributed by atoms with E-state index in [0.717, 1.165) is 11.1 Å². The van der Waals surface area contributed by atoms with Gasteiger partial charge in [0.1, 0.15) is 6.61 Å². The van der Waals surface area contributed by atoms with Crippen molar-refractivity contribution in [3.05, 3.63) is 94.5 Å². The molecule has 162 valence electrons. The molecule has 0 bridgehead atoms. The molecule has 32 heavy (non-hydrogen) atoms. The van der Waals surface area contributed by atoms with Gasteiger partial charge in [0, 0.05) is 24.4 Å². The van der Waals surface area contributed by atoms with Gasteiger partial charge in [0.15, 0.2) is 0 Å². The van der Waals surface area contributed by atoms with Crippen LogP contribution < -0.4 is 0 Å². The second kappa shape index (κ2) is 7.52. The van der Waals surface area contributed by atoms with E-state index in [1.165, 1.54) is 22.3 Å². The van der Waals surface area contributed by atoms with E-state index in [1.54, 1.807) is 17.0 Å². The standard InChI is InChI=1S/C27H25NO4/c1-27(2)16-28(14-17-8-7-13-22(24(17)27)25(29)30)26(31)32-15-23-20-11-5-3-9-18(20)19-10-4-6-12-21(19)23/h3-13,23H,14-16H2,1-2H3,(H,29,30). The SMILES string of the molecule is CC1(C)CN(C(=O)OCC2c3ccccc3-c3ccccc32)Cc2cccc(C(=O)O)c21. The highest BCUT2D eigenvalue weighted by Crippen LogP contribution is 2.44. The van der Waals surface area contributed by atoms with Gasteiger partial charge in [-0.3, -0.25) is 0 Å². The van der Waals surface area contributed by atoms with Crippen LogP contribution in [0, 0.1) is 0 Å². The van der Waals surface area contributed by atoms with Gasteiger partial charge >= 0.3 is 12.1 Å². The quantitative estimate of drug-likeness (QED) is 0.605. The first-order valence-electron chi connectivity index (χ1n) is 10.8. The van der Waals surface area contributed by atoms with Crippen LogP contribution >= 0.6 is 0 Å². The molecule has 0 saturated carbocycles. The summed E-state index contributed by atoms with van der Waals surface area (Å²) >= 11 is 0. The molecule has 1 aliphatic carbocycles. The van der Waals surface area contributed by atoms with E-state index in [2.05, 4.69) is 24.3 Å². The van der Waals surface area contributed by atoms with Gasteiger partial charge in [-0.25, -0.2) is 9.59 Å². The third-order valence-corrected chi connectivity index (χ3v) is 6.60. The van der Waals surface area contributed by atoms with E-state index >= 15 is 0 Å². The van der Waals surface area contributed by atoms with Crippen LogP contribution in [0.3, 0.4) is 0 Å². The highest BCUT2D eigenvalue weighted by molar-refractivity contribution is 5.90. The Bertz CT molecular complexity index is 1180. The Labute approximate surface area is 187 Å². The predicted molar refractivity (Wildman–Crippen MR) is 122 cm³/mol. The zero-order valence-corrected chi connectivity index (χ0v) is 18.2. The molecule has 1 aliphatic heterocycles. The maximum Gasteiger partial charge on any atom is 0.410 e. The summed E-state index contributed by atoms with van der Waals surface area (Å²) in [6.45, 7) is 4.96. The van der Waals surface area contributed by atoms with Crippen molar-refractivity contribution in [3.63, 3.8) is 0 Å². The summed E-state index contributed by atoms with van der Waals surface area (Å²) in [7, 11) is 0. The number of hydrogen-bond donors (Lipinski definition) is 1. The molecule has 1 N–H and O–H groups in total. The fourth-order valence-electron chi connectivity index (χ4n) is 5.34. The van der Waals surface area contributed by atoms with Crippen molar-refractivity contribution in [2.45, 2.75) is 31.7 Å². The third kappa shape index (κ3) is 3.25. The van der Waals surface area contributed by atoms with Gasteiger partial charge in [0.05, 0.1) is 5.56 Å². The maximum atomic E-state index is 13.1. The lowest BCUT2D eigenvalue weighted by Crippen LogP contribution is -2.46. The van der Waals surface area contributed by atoms with Gasteiger partial charge in [0.2, 0.25) is 0 Å². The molecule has 1 amide bonds. The highest BCUT2D eigenvalue weighted by atomic mass is 16.6. The van der Waals surface area contributed by atoms with Gasteiger partial charge in [0.25, 0.3) is 0 Å². The summed E-state index contributed by atoms with van der Waals surface area (Å²) < 4.78 is 5.84. The van der Waals surface area contributed by atoms with E-state index in [0.29, 0.717) is 18.7 Å². The molecule has 0 saturated heterocycles. The Kier molecular flexibility index (Phi) is 4.77. The lowest BCUT2D eigenvalue weighted by atomic mass is 9.76. The van der Waals surface area contributed by atoms with Crippen molar-refractivity contribution in [2.24, 2.45) is 0 Å². The predicted octanol–water partition coefficient (Wildman–Crippen LogP) is 5.43. The maximum absolute atomic E-state index is 13.1. The molecule has 0 radical (unpaired) electrons. The van der Waals surface area contributed by atoms with Crippen LogP contribution in [-0.4, -0.2) is 35.2 Å².